The molecule has 0 atom stereocenters. The maximum atomic E-state index is 11.7. The maximum Gasteiger partial charge on any atom is 0.321 e. The number of nitrogens with one attached hydrogen (secondary N) is 2. The van der Waals surface area contributed by atoms with E-state index in [9.17, 15) is 4.79 Å². The summed E-state index contributed by atoms with van der Waals surface area (Å²) in [6.07, 6.45) is 0. The molecular weight excluding hydrogens is 280 g/mol. The second-order valence-electron chi connectivity index (χ2n) is 3.81. The normalized spacial score (nSPS) is 10.5. The van der Waals surface area contributed by atoms with E-state index < -0.39 is 0 Å². The Bertz CT molecular complexity index is 693. The summed E-state index contributed by atoms with van der Waals surface area (Å²) < 4.78 is 1.23. The molecule has 0 radical (unpaired) electrons. The highest BCUT2D eigenvalue weighted by Gasteiger charge is 2.06. The number of benzene rings is 1. The van der Waals surface area contributed by atoms with Crippen LogP contribution in [0.5, 0.6) is 0 Å². The highest BCUT2D eigenvalue weighted by Crippen LogP contribution is 2.25. The van der Waals surface area contributed by atoms with Crippen molar-refractivity contribution in [1.82, 2.24) is 15.5 Å². The van der Waals surface area contributed by atoms with E-state index in [-0.39, 0.29) is 6.03 Å². The van der Waals surface area contributed by atoms with Crippen LogP contribution < -0.4 is 10.6 Å². The van der Waals surface area contributed by atoms with E-state index in [1.165, 1.54) is 21.4 Å². The quantitative estimate of drug-likeness (QED) is 0.779. The topological polar surface area (TPSA) is 66.9 Å². The lowest BCUT2D eigenvalue weighted by Gasteiger charge is -2.04. The Morgan fingerprint density at radius 1 is 1.26 bits per heavy atom. The number of carbonyl (C=O) groups is 1. The average Bonchev–Trinajstić information content (AvgIpc) is 3.05. The number of carbonyl (C=O) groups excluding carboxylic acids is 1. The minimum absolute atomic E-state index is 0.271. The lowest BCUT2D eigenvalue weighted by Crippen LogP contribution is -2.28. The average molecular weight is 290 g/mol. The van der Waals surface area contributed by atoms with Gasteiger partial charge in [-0.3, -0.25) is 5.32 Å². The number of hydrogen-bond donors (Lipinski definition) is 2. The number of urea groups is 1. The Morgan fingerprint density at radius 3 is 3.00 bits per heavy atom. The predicted octanol–water partition coefficient (Wildman–Crippen LogP) is 3.07. The molecular formula is C12H10N4OS2. The van der Waals surface area contributed by atoms with Gasteiger partial charge in [-0.1, -0.05) is 29.5 Å². The van der Waals surface area contributed by atoms with Crippen molar-refractivity contribution >= 4 is 43.9 Å². The summed E-state index contributed by atoms with van der Waals surface area (Å²) in [5, 5.41) is 16.6. The van der Waals surface area contributed by atoms with Gasteiger partial charge in [0.25, 0.3) is 0 Å². The zero-order chi connectivity index (χ0) is 13.1. The first kappa shape index (κ1) is 12.1. The minimum Gasteiger partial charge on any atom is -0.334 e. The molecule has 0 saturated carbocycles. The standard InChI is InChI=1S/C12H10N4OS2/c17-11(15-12-16-14-7-19-12)13-5-8-6-18-10-4-2-1-3-9(8)10/h1-4,6-7H,5H2,(H2,13,15,16,17). The molecule has 2 N–H and O–H groups in total. The molecule has 19 heavy (non-hydrogen) atoms. The molecule has 0 spiro atoms. The van der Waals surface area contributed by atoms with Crippen molar-refractivity contribution in [2.24, 2.45) is 0 Å². The van der Waals surface area contributed by atoms with Crippen LogP contribution >= 0.6 is 22.7 Å². The first-order valence-corrected chi connectivity index (χ1v) is 7.35. The monoisotopic (exact) mass is 290 g/mol. The van der Waals surface area contributed by atoms with Crippen LogP contribution in [-0.2, 0) is 6.54 Å². The van der Waals surface area contributed by atoms with Gasteiger partial charge in [0.1, 0.15) is 5.51 Å². The van der Waals surface area contributed by atoms with Gasteiger partial charge >= 0.3 is 6.03 Å². The second kappa shape index (κ2) is 5.33. The first-order valence-electron chi connectivity index (χ1n) is 5.59. The smallest absolute Gasteiger partial charge is 0.321 e. The van der Waals surface area contributed by atoms with Crippen molar-refractivity contribution in [1.29, 1.82) is 0 Å². The van der Waals surface area contributed by atoms with Gasteiger partial charge in [0.15, 0.2) is 0 Å². The molecule has 0 aliphatic rings. The molecule has 7 heteroatoms. The Morgan fingerprint density at radius 2 is 2.16 bits per heavy atom. The summed E-state index contributed by atoms with van der Waals surface area (Å²) in [6.45, 7) is 0.495. The lowest BCUT2D eigenvalue weighted by molar-refractivity contribution is 0.252. The van der Waals surface area contributed by atoms with E-state index in [1.807, 2.05) is 12.1 Å². The lowest BCUT2D eigenvalue weighted by atomic mass is 10.2. The summed E-state index contributed by atoms with van der Waals surface area (Å²) in [7, 11) is 0. The fraction of sp³-hybridized carbons (Fsp3) is 0.0833. The molecule has 96 valence electrons. The van der Waals surface area contributed by atoms with Crippen LogP contribution in [0.25, 0.3) is 10.1 Å². The van der Waals surface area contributed by atoms with Crippen molar-refractivity contribution in [2.75, 3.05) is 5.32 Å². The minimum atomic E-state index is -0.271. The molecule has 2 heterocycles. The van der Waals surface area contributed by atoms with Crippen molar-refractivity contribution in [3.63, 3.8) is 0 Å². The van der Waals surface area contributed by atoms with E-state index in [0.29, 0.717) is 11.7 Å². The number of fused-ring (bicyclic) bond motifs is 1. The van der Waals surface area contributed by atoms with Gasteiger partial charge in [-0.25, -0.2) is 4.79 Å². The van der Waals surface area contributed by atoms with Gasteiger partial charge in [0.05, 0.1) is 0 Å². The van der Waals surface area contributed by atoms with Crippen molar-refractivity contribution in [3.05, 3.63) is 40.7 Å². The van der Waals surface area contributed by atoms with Crippen molar-refractivity contribution in [2.45, 2.75) is 6.54 Å². The van der Waals surface area contributed by atoms with Crippen molar-refractivity contribution in [3.8, 4) is 0 Å². The van der Waals surface area contributed by atoms with E-state index in [2.05, 4.69) is 38.3 Å². The van der Waals surface area contributed by atoms with Gasteiger partial charge in [-0.15, -0.1) is 21.5 Å². The van der Waals surface area contributed by atoms with Crippen LogP contribution in [0.15, 0.2) is 35.2 Å². The summed E-state index contributed by atoms with van der Waals surface area (Å²) in [6, 6.07) is 7.88. The number of rotatable bonds is 3. The number of anilines is 1. The molecule has 3 rings (SSSR count). The molecule has 3 aromatic rings. The van der Waals surface area contributed by atoms with Gasteiger partial charge in [0.2, 0.25) is 5.13 Å². The molecule has 0 aliphatic carbocycles. The third-order valence-electron chi connectivity index (χ3n) is 2.58. The predicted molar refractivity (Wildman–Crippen MR) is 77.6 cm³/mol. The molecule has 2 amide bonds. The van der Waals surface area contributed by atoms with Crippen molar-refractivity contribution < 1.29 is 4.79 Å². The molecule has 0 aliphatic heterocycles. The summed E-state index contributed by atoms with van der Waals surface area (Å²) in [4.78, 5) is 11.7. The zero-order valence-electron chi connectivity index (χ0n) is 9.79. The molecule has 0 fully saturated rings. The van der Waals surface area contributed by atoms with E-state index >= 15 is 0 Å². The highest BCUT2D eigenvalue weighted by molar-refractivity contribution is 7.17. The third-order valence-corrected chi connectivity index (χ3v) is 4.20. The zero-order valence-corrected chi connectivity index (χ0v) is 11.4. The maximum absolute atomic E-state index is 11.7. The molecule has 5 nitrogen and oxygen atoms in total. The van der Waals surface area contributed by atoms with E-state index in [1.54, 1.807) is 16.8 Å². The highest BCUT2D eigenvalue weighted by atomic mass is 32.1. The van der Waals surface area contributed by atoms with Crippen LogP contribution in [0, 0.1) is 0 Å². The number of nitrogens with zero attached hydrogens (tertiary/aromatic N) is 2. The summed E-state index contributed by atoms with van der Waals surface area (Å²) in [5.41, 5.74) is 2.69. The molecule has 0 saturated heterocycles. The second-order valence-corrected chi connectivity index (χ2v) is 5.55. The Labute approximate surface area is 117 Å². The molecule has 1 aromatic carbocycles. The first-order chi connectivity index (χ1) is 9.33. The molecule has 0 bridgehead atoms. The Kier molecular flexibility index (Phi) is 3.39. The number of aromatic nitrogens is 2. The number of amides is 2. The summed E-state index contributed by atoms with van der Waals surface area (Å²) in [5.74, 6) is 0. The van der Waals surface area contributed by atoms with E-state index in [0.717, 1.165) is 5.56 Å². The van der Waals surface area contributed by atoms with Gasteiger partial charge in [-0.2, -0.15) is 0 Å². The number of thiophene rings is 1. The fourth-order valence-electron chi connectivity index (χ4n) is 1.71. The van der Waals surface area contributed by atoms with Crippen LogP contribution in [0.3, 0.4) is 0 Å². The van der Waals surface area contributed by atoms with Crippen LogP contribution in [-0.4, -0.2) is 16.2 Å². The fourth-order valence-corrected chi connectivity index (χ4v) is 3.12. The summed E-state index contributed by atoms with van der Waals surface area (Å²) >= 11 is 2.96. The third kappa shape index (κ3) is 2.72. The van der Waals surface area contributed by atoms with Crippen LogP contribution in [0.1, 0.15) is 5.56 Å². The van der Waals surface area contributed by atoms with Gasteiger partial charge < -0.3 is 5.32 Å². The SMILES string of the molecule is O=C(NCc1csc2ccccc12)Nc1nncs1. The largest absolute Gasteiger partial charge is 0.334 e. The van der Waals surface area contributed by atoms with Crippen LogP contribution in [0.2, 0.25) is 0 Å². The van der Waals surface area contributed by atoms with Crippen LogP contribution in [0.4, 0.5) is 9.93 Å². The Hall–Kier alpha value is -1.99. The van der Waals surface area contributed by atoms with Gasteiger partial charge in [-0.05, 0) is 22.4 Å². The van der Waals surface area contributed by atoms with E-state index in [4.69, 9.17) is 0 Å². The Balaban J connectivity index is 1.64. The van der Waals surface area contributed by atoms with Gasteiger partial charge in [0, 0.05) is 11.2 Å². The molecule has 2 aromatic heterocycles. The molecule has 0 unspecified atom stereocenters. The number of hydrogen-bond acceptors (Lipinski definition) is 5.